The van der Waals surface area contributed by atoms with Gasteiger partial charge in [0, 0.05) is 49.2 Å². The molecule has 2 amide bonds. The van der Waals surface area contributed by atoms with Crippen molar-refractivity contribution in [2.24, 2.45) is 0 Å². The minimum Gasteiger partial charge on any atom is -0.491 e. The van der Waals surface area contributed by atoms with E-state index in [2.05, 4.69) is 20.3 Å². The highest BCUT2D eigenvalue weighted by molar-refractivity contribution is 5.90. The van der Waals surface area contributed by atoms with E-state index in [0.29, 0.717) is 22.7 Å². The summed E-state index contributed by atoms with van der Waals surface area (Å²) >= 11 is 0. The van der Waals surface area contributed by atoms with E-state index in [0.717, 1.165) is 17.1 Å². The number of aromatic nitrogens is 4. The number of urea groups is 1. The fourth-order valence-electron chi connectivity index (χ4n) is 3.62. The summed E-state index contributed by atoms with van der Waals surface area (Å²) in [5.74, 6) is 1.22. The van der Waals surface area contributed by atoms with Gasteiger partial charge in [0.05, 0.1) is 23.7 Å². The Bertz CT molecular complexity index is 1420. The lowest BCUT2D eigenvalue weighted by Gasteiger charge is -2.15. The van der Waals surface area contributed by atoms with Gasteiger partial charge in [0.15, 0.2) is 0 Å². The van der Waals surface area contributed by atoms with Crippen molar-refractivity contribution in [3.05, 3.63) is 55.1 Å². The SMILES string of the molecule is CC(C)Oc1cc(NC(=O)NCC(F)(F)F)cc(-c2cnc3cc(-c4cc(N(C)C)ncn4)ccn23)c1. The van der Waals surface area contributed by atoms with E-state index in [-0.39, 0.29) is 11.8 Å². The fraction of sp³-hybridized carbons (Fsp3) is 0.280. The van der Waals surface area contributed by atoms with E-state index in [9.17, 15) is 18.0 Å². The van der Waals surface area contributed by atoms with Gasteiger partial charge in [-0.3, -0.25) is 4.40 Å². The molecular formula is C25H26F3N7O2. The molecule has 1 aromatic carbocycles. The standard InChI is InChI=1S/C25H26F3N7O2/c1-15(2)37-19-8-17(7-18(10-19)33-24(36)30-13-25(26,27)28)21-12-29-23-9-16(5-6-35(21)23)20-11-22(34(3)4)32-14-31-20/h5-12,14-15H,13H2,1-4H3,(H2,30,33,36). The van der Waals surface area contributed by atoms with Crippen molar-refractivity contribution in [2.75, 3.05) is 30.9 Å². The van der Waals surface area contributed by atoms with E-state index >= 15 is 0 Å². The number of halogens is 3. The maximum Gasteiger partial charge on any atom is 0.405 e. The Hall–Kier alpha value is -4.35. The number of imidazole rings is 1. The number of nitrogens with zero attached hydrogens (tertiary/aromatic N) is 5. The van der Waals surface area contributed by atoms with Crippen LogP contribution in [0.25, 0.3) is 28.2 Å². The zero-order chi connectivity index (χ0) is 26.7. The number of hydrogen-bond donors (Lipinski definition) is 2. The van der Waals surface area contributed by atoms with E-state index in [1.54, 1.807) is 29.7 Å². The molecule has 0 atom stereocenters. The summed E-state index contributed by atoms with van der Waals surface area (Å²) < 4.78 is 45.1. The molecule has 0 aliphatic heterocycles. The Morgan fingerprint density at radius 3 is 2.57 bits per heavy atom. The molecule has 4 aromatic rings. The van der Waals surface area contributed by atoms with Crippen molar-refractivity contribution in [3.63, 3.8) is 0 Å². The molecular weight excluding hydrogens is 487 g/mol. The highest BCUT2D eigenvalue weighted by Gasteiger charge is 2.27. The average Bonchev–Trinajstić information content (AvgIpc) is 3.25. The quantitative estimate of drug-likeness (QED) is 0.361. The smallest absolute Gasteiger partial charge is 0.405 e. The van der Waals surface area contributed by atoms with Gasteiger partial charge in [-0.05, 0) is 38.1 Å². The number of ether oxygens (including phenoxy) is 1. The van der Waals surface area contributed by atoms with Crippen molar-refractivity contribution in [1.82, 2.24) is 24.7 Å². The molecule has 0 aliphatic carbocycles. The number of anilines is 2. The van der Waals surface area contributed by atoms with Crippen molar-refractivity contribution in [1.29, 1.82) is 0 Å². The molecule has 0 aliphatic rings. The number of alkyl halides is 3. The number of carbonyl (C=O) groups is 1. The molecule has 0 saturated heterocycles. The predicted molar refractivity (Wildman–Crippen MR) is 135 cm³/mol. The lowest BCUT2D eigenvalue weighted by molar-refractivity contribution is -0.122. The van der Waals surface area contributed by atoms with E-state index in [1.807, 2.05) is 61.6 Å². The van der Waals surface area contributed by atoms with Gasteiger partial charge in [0.1, 0.15) is 30.1 Å². The third-order valence-corrected chi connectivity index (χ3v) is 5.20. The maximum atomic E-state index is 12.5. The second-order valence-corrected chi connectivity index (χ2v) is 8.78. The van der Waals surface area contributed by atoms with Crippen molar-refractivity contribution in [2.45, 2.75) is 26.1 Å². The summed E-state index contributed by atoms with van der Waals surface area (Å²) in [5.41, 5.74) is 3.89. The molecule has 0 unspecified atom stereocenters. The Morgan fingerprint density at radius 2 is 1.86 bits per heavy atom. The molecule has 194 valence electrons. The van der Waals surface area contributed by atoms with Gasteiger partial charge < -0.3 is 20.3 Å². The minimum absolute atomic E-state index is 0.160. The third-order valence-electron chi connectivity index (χ3n) is 5.20. The minimum atomic E-state index is -4.51. The molecule has 0 bridgehead atoms. The number of benzene rings is 1. The van der Waals surface area contributed by atoms with Crippen molar-refractivity contribution < 1.29 is 22.7 Å². The lowest BCUT2D eigenvalue weighted by Crippen LogP contribution is -2.36. The van der Waals surface area contributed by atoms with Crippen LogP contribution in [0.3, 0.4) is 0 Å². The number of carbonyl (C=O) groups excluding carboxylic acids is 1. The highest BCUT2D eigenvalue weighted by atomic mass is 19.4. The van der Waals surface area contributed by atoms with E-state index in [4.69, 9.17) is 4.74 Å². The van der Waals surface area contributed by atoms with Crippen molar-refractivity contribution in [3.8, 4) is 28.3 Å². The largest absolute Gasteiger partial charge is 0.491 e. The zero-order valence-corrected chi connectivity index (χ0v) is 20.7. The number of hydrogen-bond acceptors (Lipinski definition) is 6. The summed E-state index contributed by atoms with van der Waals surface area (Å²) in [6.07, 6.45) is 0.355. The van der Waals surface area contributed by atoms with Crippen LogP contribution in [0.5, 0.6) is 5.75 Å². The van der Waals surface area contributed by atoms with Crippen LogP contribution in [0.15, 0.2) is 55.1 Å². The maximum absolute atomic E-state index is 12.5. The average molecular weight is 514 g/mol. The van der Waals surface area contributed by atoms with Crippen LogP contribution < -0.4 is 20.3 Å². The Morgan fingerprint density at radius 1 is 1.08 bits per heavy atom. The summed E-state index contributed by atoms with van der Waals surface area (Å²) in [6.45, 7) is 2.26. The molecule has 3 aromatic heterocycles. The van der Waals surface area contributed by atoms with Gasteiger partial charge in [-0.25, -0.2) is 19.7 Å². The van der Waals surface area contributed by atoms with Crippen molar-refractivity contribution >= 4 is 23.2 Å². The molecule has 3 heterocycles. The summed E-state index contributed by atoms with van der Waals surface area (Å²) in [7, 11) is 3.80. The topological polar surface area (TPSA) is 96.7 Å². The van der Waals surface area contributed by atoms with Crippen LogP contribution >= 0.6 is 0 Å². The molecule has 0 saturated carbocycles. The summed E-state index contributed by atoms with van der Waals surface area (Å²) in [4.78, 5) is 27.1. The van der Waals surface area contributed by atoms with Gasteiger partial charge in [0.2, 0.25) is 0 Å². The summed E-state index contributed by atoms with van der Waals surface area (Å²) in [5, 5.41) is 4.25. The molecule has 2 N–H and O–H groups in total. The molecule has 12 heteroatoms. The second kappa shape index (κ2) is 10.3. The lowest BCUT2D eigenvalue weighted by atomic mass is 10.1. The highest BCUT2D eigenvalue weighted by Crippen LogP contribution is 2.31. The second-order valence-electron chi connectivity index (χ2n) is 8.78. The molecule has 0 radical (unpaired) electrons. The Labute approximate surface area is 211 Å². The summed E-state index contributed by atoms with van der Waals surface area (Å²) in [6, 6.07) is 9.67. The van der Waals surface area contributed by atoms with Gasteiger partial charge in [-0.2, -0.15) is 13.2 Å². The van der Waals surface area contributed by atoms with Crippen LogP contribution in [0.1, 0.15) is 13.8 Å². The van der Waals surface area contributed by atoms with Crippen LogP contribution in [0.4, 0.5) is 29.5 Å². The van der Waals surface area contributed by atoms with Gasteiger partial charge in [0.25, 0.3) is 0 Å². The van der Waals surface area contributed by atoms with Crippen LogP contribution in [-0.2, 0) is 0 Å². The Kier molecular flexibility index (Phi) is 7.18. The molecule has 0 spiro atoms. The number of fused-ring (bicyclic) bond motifs is 1. The normalized spacial score (nSPS) is 11.6. The number of amides is 2. The first kappa shape index (κ1) is 25.7. The molecule has 4 rings (SSSR count). The predicted octanol–water partition coefficient (Wildman–Crippen LogP) is 5.00. The Balaban J connectivity index is 1.67. The zero-order valence-electron chi connectivity index (χ0n) is 20.7. The molecule has 9 nitrogen and oxygen atoms in total. The first-order chi connectivity index (χ1) is 17.5. The molecule has 0 fully saturated rings. The van der Waals surface area contributed by atoms with Crippen LogP contribution in [0, 0.1) is 0 Å². The van der Waals surface area contributed by atoms with Crippen LogP contribution in [0.2, 0.25) is 0 Å². The fourth-order valence-corrected chi connectivity index (χ4v) is 3.62. The van der Waals surface area contributed by atoms with Gasteiger partial charge in [-0.1, -0.05) is 0 Å². The monoisotopic (exact) mass is 513 g/mol. The first-order valence-corrected chi connectivity index (χ1v) is 11.4. The number of pyridine rings is 1. The third kappa shape index (κ3) is 6.46. The van der Waals surface area contributed by atoms with Gasteiger partial charge in [-0.15, -0.1) is 0 Å². The van der Waals surface area contributed by atoms with Gasteiger partial charge >= 0.3 is 12.2 Å². The molecule has 37 heavy (non-hydrogen) atoms. The first-order valence-electron chi connectivity index (χ1n) is 11.4. The van der Waals surface area contributed by atoms with Crippen LogP contribution in [-0.4, -0.2) is 58.3 Å². The number of nitrogens with one attached hydrogen (secondary N) is 2. The van der Waals surface area contributed by atoms with E-state index < -0.39 is 18.8 Å². The number of rotatable bonds is 7. The van der Waals surface area contributed by atoms with E-state index in [1.165, 1.54) is 6.33 Å².